The molecule has 1 unspecified atom stereocenters. The molecule has 0 saturated carbocycles. The van der Waals surface area contributed by atoms with Gasteiger partial charge in [-0.05, 0) is 37.3 Å². The lowest BCUT2D eigenvalue weighted by atomic mass is 9.83. The van der Waals surface area contributed by atoms with Crippen LogP contribution in [0.5, 0.6) is 0 Å². The normalized spacial score (nSPS) is 25.2. The van der Waals surface area contributed by atoms with Gasteiger partial charge in [-0.2, -0.15) is 0 Å². The lowest BCUT2D eigenvalue weighted by molar-refractivity contribution is 0.671. The molecule has 0 spiro atoms. The van der Waals surface area contributed by atoms with E-state index in [0.717, 1.165) is 29.0 Å². The average Bonchev–Trinajstić information content (AvgIpc) is 2.51. The Kier molecular flexibility index (Phi) is 4.92. The van der Waals surface area contributed by atoms with Gasteiger partial charge in [-0.25, -0.2) is 0 Å². The first-order chi connectivity index (χ1) is 10.5. The van der Waals surface area contributed by atoms with E-state index < -0.39 is 0 Å². The van der Waals surface area contributed by atoms with Crippen molar-refractivity contribution in [1.29, 1.82) is 0 Å². The van der Waals surface area contributed by atoms with Gasteiger partial charge in [0.25, 0.3) is 0 Å². The molecular formula is C20H26N2. The molecule has 1 aromatic carbocycles. The van der Waals surface area contributed by atoms with Crippen molar-refractivity contribution >= 4 is 5.70 Å². The van der Waals surface area contributed by atoms with Gasteiger partial charge in [-0.1, -0.05) is 56.5 Å². The van der Waals surface area contributed by atoms with Crippen LogP contribution >= 0.6 is 0 Å². The highest BCUT2D eigenvalue weighted by Crippen LogP contribution is 2.36. The molecule has 0 aromatic heterocycles. The molecular weight excluding hydrogens is 268 g/mol. The molecule has 2 nitrogen and oxygen atoms in total. The fourth-order valence-corrected chi connectivity index (χ4v) is 3.03. The molecule has 1 aliphatic rings. The molecule has 1 aromatic rings. The highest BCUT2D eigenvalue weighted by molar-refractivity contribution is 5.75. The number of benzene rings is 1. The molecule has 0 heterocycles. The summed E-state index contributed by atoms with van der Waals surface area (Å²) in [6, 6.07) is 8.67. The van der Waals surface area contributed by atoms with Crippen molar-refractivity contribution in [2.45, 2.75) is 39.2 Å². The summed E-state index contributed by atoms with van der Waals surface area (Å²) in [5, 5.41) is 3.50. The van der Waals surface area contributed by atoms with Gasteiger partial charge in [0.1, 0.15) is 0 Å². The van der Waals surface area contributed by atoms with E-state index in [4.69, 9.17) is 5.73 Å². The topological polar surface area (TPSA) is 38.0 Å². The molecule has 0 aliphatic heterocycles. The van der Waals surface area contributed by atoms with Crippen LogP contribution in [0.3, 0.4) is 0 Å². The average molecular weight is 294 g/mol. The van der Waals surface area contributed by atoms with Gasteiger partial charge in [0.15, 0.2) is 0 Å². The number of hydrogen-bond acceptors (Lipinski definition) is 2. The molecule has 0 amide bonds. The third-order valence-electron chi connectivity index (χ3n) is 4.08. The Morgan fingerprint density at radius 3 is 2.50 bits per heavy atom. The van der Waals surface area contributed by atoms with Gasteiger partial charge >= 0.3 is 0 Å². The van der Waals surface area contributed by atoms with E-state index in [1.165, 1.54) is 11.1 Å². The molecule has 1 aliphatic carbocycles. The van der Waals surface area contributed by atoms with Gasteiger partial charge < -0.3 is 11.1 Å². The largest absolute Gasteiger partial charge is 0.397 e. The van der Waals surface area contributed by atoms with Crippen molar-refractivity contribution in [3.63, 3.8) is 0 Å². The second kappa shape index (κ2) is 6.69. The zero-order valence-corrected chi connectivity index (χ0v) is 13.8. The Morgan fingerprint density at radius 2 is 1.91 bits per heavy atom. The third-order valence-corrected chi connectivity index (χ3v) is 4.08. The molecule has 2 heteroatoms. The zero-order valence-electron chi connectivity index (χ0n) is 13.8. The molecule has 0 radical (unpaired) electrons. The second-order valence-electron chi connectivity index (χ2n) is 6.13. The molecule has 0 saturated heterocycles. The summed E-state index contributed by atoms with van der Waals surface area (Å²) in [5.41, 5.74) is 12.9. The van der Waals surface area contributed by atoms with E-state index in [1.54, 1.807) is 0 Å². The predicted octanol–water partition coefficient (Wildman–Crippen LogP) is 4.49. The minimum Gasteiger partial charge on any atom is -0.397 e. The van der Waals surface area contributed by atoms with Gasteiger partial charge in [-0.15, -0.1) is 0 Å². The first-order valence-electron chi connectivity index (χ1n) is 7.83. The van der Waals surface area contributed by atoms with Crippen LogP contribution in [-0.4, -0.2) is 6.04 Å². The molecule has 0 fully saturated rings. The molecule has 1 atom stereocenters. The first-order valence-corrected chi connectivity index (χ1v) is 7.83. The number of hydrogen-bond donors (Lipinski definition) is 2. The van der Waals surface area contributed by atoms with E-state index in [-0.39, 0.29) is 0 Å². The van der Waals surface area contributed by atoms with Crippen LogP contribution < -0.4 is 11.1 Å². The van der Waals surface area contributed by atoms with Crippen LogP contribution in [0.2, 0.25) is 0 Å². The molecule has 116 valence electrons. The number of allylic oxidation sites excluding steroid dienone is 3. The highest BCUT2D eigenvalue weighted by atomic mass is 14.9. The van der Waals surface area contributed by atoms with Crippen molar-refractivity contribution < 1.29 is 0 Å². The summed E-state index contributed by atoms with van der Waals surface area (Å²) in [6.45, 7) is 14.4. The summed E-state index contributed by atoms with van der Waals surface area (Å²) < 4.78 is 0. The lowest BCUT2D eigenvalue weighted by Crippen LogP contribution is -2.27. The van der Waals surface area contributed by atoms with E-state index in [9.17, 15) is 0 Å². The van der Waals surface area contributed by atoms with E-state index >= 15 is 0 Å². The predicted molar refractivity (Wildman–Crippen MR) is 96.3 cm³/mol. The van der Waals surface area contributed by atoms with Crippen LogP contribution in [0.25, 0.3) is 5.70 Å². The first kappa shape index (κ1) is 16.2. The van der Waals surface area contributed by atoms with Crippen molar-refractivity contribution in [3.05, 3.63) is 77.5 Å². The number of nitrogens with one attached hydrogen (secondary N) is 1. The third kappa shape index (κ3) is 3.01. The summed E-state index contributed by atoms with van der Waals surface area (Å²) in [5.74, 6) is 0.387. The number of fused-ring (bicyclic) bond motifs is 1. The molecule has 3 N–H and O–H groups in total. The van der Waals surface area contributed by atoms with Gasteiger partial charge in [0.05, 0.1) is 11.4 Å². The Labute approximate surface area is 134 Å². The summed E-state index contributed by atoms with van der Waals surface area (Å²) >= 11 is 0. The minimum atomic E-state index is 0.290. The quantitative estimate of drug-likeness (QED) is 0.858. The Balaban J connectivity index is 2.78. The van der Waals surface area contributed by atoms with E-state index in [2.05, 4.69) is 57.4 Å². The molecule has 2 rings (SSSR count). The highest BCUT2D eigenvalue weighted by Gasteiger charge is 2.22. The maximum atomic E-state index is 6.55. The number of nitrogens with two attached hydrogens (primary N) is 1. The Morgan fingerprint density at radius 1 is 1.23 bits per heavy atom. The maximum absolute atomic E-state index is 6.55. The fraction of sp³-hybridized carbons (Fsp3) is 0.300. The van der Waals surface area contributed by atoms with Gasteiger partial charge in [0.2, 0.25) is 0 Å². The van der Waals surface area contributed by atoms with Crippen LogP contribution in [0.15, 0.2) is 66.4 Å². The summed E-state index contributed by atoms with van der Waals surface area (Å²) in [6.07, 6.45) is 4.74. The van der Waals surface area contributed by atoms with Crippen LogP contribution in [-0.2, 0) is 0 Å². The van der Waals surface area contributed by atoms with Crippen molar-refractivity contribution in [1.82, 2.24) is 5.32 Å². The van der Waals surface area contributed by atoms with Crippen LogP contribution in [0.4, 0.5) is 0 Å². The van der Waals surface area contributed by atoms with E-state index in [0.29, 0.717) is 12.0 Å². The lowest BCUT2D eigenvalue weighted by Gasteiger charge is -2.27. The van der Waals surface area contributed by atoms with Crippen molar-refractivity contribution in [2.75, 3.05) is 0 Å². The maximum Gasteiger partial charge on any atom is 0.0658 e. The number of rotatable bonds is 4. The summed E-state index contributed by atoms with van der Waals surface area (Å²) in [7, 11) is 0. The monoisotopic (exact) mass is 294 g/mol. The van der Waals surface area contributed by atoms with E-state index in [1.807, 2.05) is 18.2 Å². The molecule has 0 bridgehead atoms. The minimum absolute atomic E-state index is 0.290. The fourth-order valence-electron chi connectivity index (χ4n) is 3.03. The van der Waals surface area contributed by atoms with Crippen molar-refractivity contribution in [3.8, 4) is 0 Å². The van der Waals surface area contributed by atoms with Crippen LogP contribution in [0, 0.1) is 0 Å². The smallest absolute Gasteiger partial charge is 0.0658 e. The Bertz CT molecular complexity index is 647. The summed E-state index contributed by atoms with van der Waals surface area (Å²) in [4.78, 5) is 0. The second-order valence-corrected chi connectivity index (χ2v) is 6.13. The molecule has 22 heavy (non-hydrogen) atoms. The van der Waals surface area contributed by atoms with Gasteiger partial charge in [-0.3, -0.25) is 0 Å². The van der Waals surface area contributed by atoms with Crippen molar-refractivity contribution in [2.24, 2.45) is 5.73 Å². The standard InChI is InChI=1S/C20H26N2/c1-6-15-12-14(5)17-10-8-9-11-18(17)19(21)20(16(15)7-2)22-13(3)4/h6-11,13-14,22H,1-2,12,21H2,3-5H3/b16-15-,20-19-. The van der Waals surface area contributed by atoms with Crippen LogP contribution in [0.1, 0.15) is 44.2 Å². The zero-order chi connectivity index (χ0) is 16.3. The SMILES string of the molecule is C=C/C1=C(C=C)/C(NC(C)C)=C(/N)c2ccccc2C(C)C1. The Hall–Kier alpha value is -2.22. The van der Waals surface area contributed by atoms with Gasteiger partial charge in [0, 0.05) is 17.2 Å².